The molecule has 0 heterocycles. The van der Waals surface area contributed by atoms with Crippen molar-refractivity contribution in [1.29, 1.82) is 1.23 Å². The monoisotopic (exact) mass is 194 g/mol. The van der Waals surface area contributed by atoms with E-state index >= 15 is 0 Å². The van der Waals surface area contributed by atoms with Gasteiger partial charge in [-0.25, -0.2) is 0 Å². The van der Waals surface area contributed by atoms with E-state index in [0.29, 0.717) is 0 Å². The highest BCUT2D eigenvalue weighted by Crippen LogP contribution is 1.84. The maximum Gasteiger partial charge on any atom is 0.103 e. The Morgan fingerprint density at radius 1 is 0.769 bits per heavy atom. The highest BCUT2D eigenvalue weighted by Gasteiger charge is 1.94. The average Bonchev–Trinajstić information content (AvgIpc) is 2.55. The summed E-state index contributed by atoms with van der Waals surface area (Å²) in [6.45, 7) is 0. The van der Waals surface area contributed by atoms with Gasteiger partial charge >= 0.3 is 0 Å². The molecule has 0 bridgehead atoms. The molecular weight excluding hydrogens is 172 g/mol. The number of benzene rings is 2. The van der Waals surface area contributed by atoms with E-state index in [-0.39, 0.29) is 10.4 Å². The van der Waals surface area contributed by atoms with Crippen LogP contribution < -0.4 is 10.4 Å². The Bertz CT molecular complexity index is 720. The van der Waals surface area contributed by atoms with Gasteiger partial charge in [0.25, 0.3) is 0 Å². The van der Waals surface area contributed by atoms with Crippen LogP contribution >= 0.6 is 0 Å². The van der Waals surface area contributed by atoms with Crippen LogP contribution in [-0.4, -0.2) is 10.7 Å². The summed E-state index contributed by atoms with van der Waals surface area (Å²) in [6.07, 6.45) is 0. The van der Waals surface area contributed by atoms with Crippen molar-refractivity contribution in [3.05, 3.63) is 60.4 Å². The topological polar surface area (TPSA) is 0 Å². The summed E-state index contributed by atoms with van der Waals surface area (Å²) >= 11 is 0. The highest BCUT2D eigenvalue weighted by molar-refractivity contribution is 6.67. The van der Waals surface area contributed by atoms with E-state index < -0.39 is 69.9 Å². The summed E-state index contributed by atoms with van der Waals surface area (Å²) in [5.74, 6) is 0. The van der Waals surface area contributed by atoms with E-state index in [1.165, 1.54) is 0 Å². The molecule has 2 aromatic carbocycles. The van der Waals surface area contributed by atoms with E-state index in [1.54, 1.807) is 0 Å². The highest BCUT2D eigenvalue weighted by atomic mass is 28.2. The molecule has 0 amide bonds. The molecule has 2 aromatic rings. The summed E-state index contributed by atoms with van der Waals surface area (Å²) in [6, 6.07) is -6.03. The molecular formula is C12H11Si. The smallest absolute Gasteiger partial charge is 0.0632 e. The Kier molecular flexibility index (Phi) is 0.738. The largest absolute Gasteiger partial charge is 0.103 e. The summed E-state index contributed by atoms with van der Waals surface area (Å²) in [5.41, 5.74) is 0. The molecule has 0 N–H and O–H groups in total. The second-order valence-corrected chi connectivity index (χ2v) is 3.38. The summed E-state index contributed by atoms with van der Waals surface area (Å²) in [7, 11) is -2.93. The standard InChI is InChI=1S/C12H11Si/c1-3-7-11(8-4-1)13-12-9-5-2-6-10-12/h1-10,13H/i1D,2D,3D,4D,5D,6D,7D,8D,9D,10D,13D. The molecule has 13 heavy (non-hydrogen) atoms. The van der Waals surface area contributed by atoms with Crippen LogP contribution in [0.2, 0.25) is 0 Å². The Labute approximate surface area is 96.3 Å². The Morgan fingerprint density at radius 3 is 1.54 bits per heavy atom. The van der Waals surface area contributed by atoms with Gasteiger partial charge in [-0.05, 0) is 0 Å². The van der Waals surface area contributed by atoms with Crippen molar-refractivity contribution in [2.45, 2.75) is 0 Å². The van der Waals surface area contributed by atoms with Crippen molar-refractivity contribution in [2.75, 3.05) is 0 Å². The second kappa shape index (κ2) is 4.05. The van der Waals surface area contributed by atoms with Crippen LogP contribution in [0.4, 0.5) is 0 Å². The lowest BCUT2D eigenvalue weighted by Gasteiger charge is -1.98. The van der Waals surface area contributed by atoms with Crippen molar-refractivity contribution in [3.63, 3.8) is 0 Å². The van der Waals surface area contributed by atoms with E-state index in [2.05, 4.69) is 0 Å². The lowest BCUT2D eigenvalue weighted by Crippen LogP contribution is -2.26. The maximum atomic E-state index is 8.31. The van der Waals surface area contributed by atoms with Gasteiger partial charge in [0.15, 0.2) is 0 Å². The minimum absolute atomic E-state index is 0.329. The van der Waals surface area contributed by atoms with Gasteiger partial charge in [-0.2, -0.15) is 0 Å². The van der Waals surface area contributed by atoms with Gasteiger partial charge in [-0.3, -0.25) is 0 Å². The second-order valence-electron chi connectivity index (χ2n) is 2.12. The predicted molar refractivity (Wildman–Crippen MR) is 59.3 cm³/mol. The predicted octanol–water partition coefficient (Wildman–Crippen LogP) is 1.07. The molecule has 2 rings (SSSR count). The molecule has 0 aromatic heterocycles. The SMILES string of the molecule is [2H]c1c([2H])c([2H])c([Si]([2H])c2c([2H])c([2H])c([2H])c([2H])c2[2H])c([2H])c1[2H]. The summed E-state index contributed by atoms with van der Waals surface area (Å²) < 4.78 is 85.5. The quantitative estimate of drug-likeness (QED) is 0.628. The van der Waals surface area contributed by atoms with Crippen LogP contribution in [0.5, 0.6) is 0 Å². The van der Waals surface area contributed by atoms with Crippen LogP contribution in [0.3, 0.4) is 0 Å². The van der Waals surface area contributed by atoms with Crippen LogP contribution in [0.15, 0.2) is 60.4 Å². The molecule has 0 fully saturated rings. The summed E-state index contributed by atoms with van der Waals surface area (Å²) in [5, 5.41) is -0.658. The van der Waals surface area contributed by atoms with Crippen molar-refractivity contribution in [2.24, 2.45) is 0 Å². The van der Waals surface area contributed by atoms with Gasteiger partial charge < -0.3 is 0 Å². The van der Waals surface area contributed by atoms with Gasteiger partial charge in [0.1, 0.15) is 9.45 Å². The lowest BCUT2D eigenvalue weighted by atomic mass is 10.4. The minimum atomic E-state index is -2.93. The Morgan fingerprint density at radius 2 is 1.15 bits per heavy atom. The number of hydrogen-bond acceptors (Lipinski definition) is 0. The first kappa shape index (κ1) is 2.37. The zero-order valence-corrected chi connectivity index (χ0v) is 7.50. The molecule has 0 unspecified atom stereocenters. The fourth-order valence-electron chi connectivity index (χ4n) is 0.750. The fourth-order valence-corrected chi connectivity index (χ4v) is 1.50. The van der Waals surface area contributed by atoms with Crippen molar-refractivity contribution in [3.8, 4) is 0 Å². The van der Waals surface area contributed by atoms with Crippen molar-refractivity contribution >= 4 is 19.8 Å². The molecule has 63 valence electrons. The molecule has 0 saturated carbocycles. The van der Waals surface area contributed by atoms with E-state index in [1.807, 2.05) is 0 Å². The van der Waals surface area contributed by atoms with E-state index in [4.69, 9.17) is 14.9 Å². The molecule has 1 heteroatoms. The van der Waals surface area contributed by atoms with Crippen LogP contribution in [0.25, 0.3) is 0 Å². The van der Waals surface area contributed by atoms with Gasteiger partial charge in [0, 0.05) is 1.23 Å². The van der Waals surface area contributed by atoms with Gasteiger partial charge in [0.05, 0.1) is 13.7 Å². The third-order valence-electron chi connectivity index (χ3n) is 1.25. The zero-order chi connectivity index (χ0) is 18.5. The molecule has 0 saturated heterocycles. The van der Waals surface area contributed by atoms with Crippen LogP contribution in [0.1, 0.15) is 13.7 Å². The first-order chi connectivity index (χ1) is 11.0. The fraction of sp³-hybridized carbons (Fsp3) is 0. The Hall–Kier alpha value is -1.34. The van der Waals surface area contributed by atoms with Crippen LogP contribution in [-0.2, 0) is 0 Å². The van der Waals surface area contributed by atoms with Crippen molar-refractivity contribution in [1.82, 2.24) is 0 Å². The molecule has 0 spiro atoms. The van der Waals surface area contributed by atoms with E-state index in [0.717, 1.165) is 0 Å². The Balaban J connectivity index is 2.84. The third-order valence-corrected chi connectivity index (χ3v) is 2.25. The average molecular weight is 194 g/mol. The molecule has 0 aliphatic heterocycles. The number of hydrogen-bond donors (Lipinski definition) is 0. The lowest BCUT2D eigenvalue weighted by molar-refractivity contribution is 1.75. The van der Waals surface area contributed by atoms with Crippen LogP contribution in [0, 0.1) is 0 Å². The first-order valence-corrected chi connectivity index (χ1v) is 4.50. The van der Waals surface area contributed by atoms with Gasteiger partial charge in [0.2, 0.25) is 0 Å². The zero-order valence-electron chi connectivity index (χ0n) is 17.5. The third kappa shape index (κ3) is 2.29. The molecule has 0 aliphatic rings. The van der Waals surface area contributed by atoms with Crippen molar-refractivity contribution < 1.29 is 13.7 Å². The summed E-state index contributed by atoms with van der Waals surface area (Å²) in [4.78, 5) is 0. The maximum absolute atomic E-state index is 8.31. The molecule has 0 atom stereocenters. The molecule has 0 nitrogen and oxygen atoms in total. The first-order valence-electron chi connectivity index (χ1n) is 9.00. The van der Waals surface area contributed by atoms with Gasteiger partial charge in [-0.15, -0.1) is 0 Å². The molecule has 0 aliphatic carbocycles. The molecule has 1 radical (unpaired) electrons. The normalized spacial score (nSPS) is 22.1. The number of rotatable bonds is 2. The van der Waals surface area contributed by atoms with E-state index in [9.17, 15) is 0 Å². The van der Waals surface area contributed by atoms with Gasteiger partial charge in [-0.1, -0.05) is 70.8 Å². The minimum Gasteiger partial charge on any atom is -0.0632 e.